The highest BCUT2D eigenvalue weighted by atomic mass is 79.9. The lowest BCUT2D eigenvalue weighted by Crippen LogP contribution is -2.07. The Hall–Kier alpha value is -1.29. The van der Waals surface area contributed by atoms with Crippen LogP contribution in [0, 0.1) is 13.8 Å². The van der Waals surface area contributed by atoms with Crippen molar-refractivity contribution in [3.05, 3.63) is 45.2 Å². The van der Waals surface area contributed by atoms with E-state index in [1.165, 1.54) is 11.1 Å². The van der Waals surface area contributed by atoms with Gasteiger partial charge in [-0.1, -0.05) is 19.9 Å². The first-order valence-electron chi connectivity index (χ1n) is 7.39. The summed E-state index contributed by atoms with van der Waals surface area (Å²) in [5.74, 6) is 1.45. The average molecular weight is 351 g/mol. The molecular formula is C17H23BrN2O. The molecule has 1 heterocycles. The molecule has 1 aromatic heterocycles. The normalized spacial score (nSPS) is 11.2. The molecule has 2 aromatic rings. The number of hydrogen-bond acceptors (Lipinski definition) is 2. The van der Waals surface area contributed by atoms with Gasteiger partial charge in [0.1, 0.15) is 12.4 Å². The number of aromatic nitrogens is 2. The molecule has 0 aliphatic rings. The van der Waals surface area contributed by atoms with Crippen molar-refractivity contribution in [2.45, 2.75) is 53.7 Å². The van der Waals surface area contributed by atoms with Crippen LogP contribution >= 0.6 is 15.9 Å². The van der Waals surface area contributed by atoms with Crippen LogP contribution in [0.4, 0.5) is 0 Å². The first-order chi connectivity index (χ1) is 9.93. The molecule has 0 saturated carbocycles. The quantitative estimate of drug-likeness (QED) is 0.759. The van der Waals surface area contributed by atoms with Crippen LogP contribution in [0.15, 0.2) is 22.7 Å². The average Bonchev–Trinajstić information content (AvgIpc) is 2.71. The van der Waals surface area contributed by atoms with E-state index in [1.807, 2.05) is 11.6 Å². The molecule has 1 aromatic carbocycles. The van der Waals surface area contributed by atoms with Gasteiger partial charge in [-0.25, -0.2) is 0 Å². The number of benzene rings is 1. The van der Waals surface area contributed by atoms with E-state index in [2.05, 4.69) is 66.9 Å². The molecule has 0 amide bonds. The highest BCUT2D eigenvalue weighted by Gasteiger charge is 2.13. The van der Waals surface area contributed by atoms with Crippen LogP contribution in [-0.2, 0) is 13.2 Å². The summed E-state index contributed by atoms with van der Waals surface area (Å²) in [6.07, 6.45) is 0. The Bertz CT molecular complexity index is 632. The predicted octanol–water partition coefficient (Wildman–Crippen LogP) is 4.98. The Labute approximate surface area is 135 Å². The molecule has 0 unspecified atom stereocenters. The van der Waals surface area contributed by atoms with Crippen molar-refractivity contribution in [3.8, 4) is 5.75 Å². The van der Waals surface area contributed by atoms with Crippen molar-refractivity contribution in [2.75, 3.05) is 0 Å². The lowest BCUT2D eigenvalue weighted by molar-refractivity contribution is 0.291. The minimum atomic E-state index is 0.524. The Morgan fingerprint density at radius 1 is 1.29 bits per heavy atom. The predicted molar refractivity (Wildman–Crippen MR) is 89.9 cm³/mol. The van der Waals surface area contributed by atoms with Crippen LogP contribution in [0.5, 0.6) is 5.75 Å². The molecule has 3 nitrogen and oxygen atoms in total. The first-order valence-corrected chi connectivity index (χ1v) is 8.18. The fourth-order valence-corrected chi connectivity index (χ4v) is 2.94. The van der Waals surface area contributed by atoms with Crippen molar-refractivity contribution in [1.82, 2.24) is 9.78 Å². The number of rotatable bonds is 5. The van der Waals surface area contributed by atoms with Gasteiger partial charge >= 0.3 is 0 Å². The van der Waals surface area contributed by atoms with Crippen molar-refractivity contribution in [1.29, 1.82) is 0 Å². The molecule has 114 valence electrons. The van der Waals surface area contributed by atoms with Gasteiger partial charge < -0.3 is 4.74 Å². The zero-order chi connectivity index (χ0) is 15.6. The number of aryl methyl sites for hydroxylation is 3. The van der Waals surface area contributed by atoms with Crippen molar-refractivity contribution in [3.63, 3.8) is 0 Å². The SMILES string of the molecule is CCn1nc(C)c(Br)c1COc1ccc(C(C)C)c(C)c1. The van der Waals surface area contributed by atoms with E-state index in [-0.39, 0.29) is 0 Å². The van der Waals surface area contributed by atoms with Crippen molar-refractivity contribution in [2.24, 2.45) is 0 Å². The molecular weight excluding hydrogens is 328 g/mol. The summed E-state index contributed by atoms with van der Waals surface area (Å²) >= 11 is 3.60. The van der Waals surface area contributed by atoms with Gasteiger partial charge in [0.05, 0.1) is 15.9 Å². The maximum atomic E-state index is 5.95. The lowest BCUT2D eigenvalue weighted by Gasteiger charge is -2.13. The minimum absolute atomic E-state index is 0.524. The highest BCUT2D eigenvalue weighted by molar-refractivity contribution is 9.10. The van der Waals surface area contributed by atoms with E-state index in [4.69, 9.17) is 4.74 Å². The number of nitrogens with zero attached hydrogens (tertiary/aromatic N) is 2. The molecule has 4 heteroatoms. The van der Waals surface area contributed by atoms with Crippen LogP contribution in [0.3, 0.4) is 0 Å². The van der Waals surface area contributed by atoms with Gasteiger partial charge in [0.2, 0.25) is 0 Å². The largest absolute Gasteiger partial charge is 0.487 e. The van der Waals surface area contributed by atoms with Gasteiger partial charge in [-0.2, -0.15) is 5.10 Å². The maximum Gasteiger partial charge on any atom is 0.131 e. The standard InChI is InChI=1S/C17H23BrN2O/c1-6-20-16(17(18)13(5)19-20)10-21-14-7-8-15(11(2)3)12(4)9-14/h7-9,11H,6,10H2,1-5H3. The monoisotopic (exact) mass is 350 g/mol. The van der Waals surface area contributed by atoms with Gasteiger partial charge in [0.25, 0.3) is 0 Å². The first kappa shape index (κ1) is 16.1. The Morgan fingerprint density at radius 2 is 2.00 bits per heavy atom. The van der Waals surface area contributed by atoms with E-state index >= 15 is 0 Å². The van der Waals surface area contributed by atoms with Gasteiger partial charge in [0.15, 0.2) is 0 Å². The fraction of sp³-hybridized carbons (Fsp3) is 0.471. The zero-order valence-electron chi connectivity index (χ0n) is 13.4. The van der Waals surface area contributed by atoms with Gasteiger partial charge in [0, 0.05) is 6.54 Å². The van der Waals surface area contributed by atoms with Crippen molar-refractivity contribution < 1.29 is 4.74 Å². The number of ether oxygens (including phenoxy) is 1. The molecule has 0 aliphatic carbocycles. The summed E-state index contributed by atoms with van der Waals surface area (Å²) in [5.41, 5.74) is 4.74. The summed E-state index contributed by atoms with van der Waals surface area (Å²) in [6, 6.07) is 6.32. The molecule has 0 N–H and O–H groups in total. The van der Waals surface area contributed by atoms with E-state index < -0.39 is 0 Å². The van der Waals surface area contributed by atoms with Crippen LogP contribution in [0.2, 0.25) is 0 Å². The van der Waals surface area contributed by atoms with E-state index in [1.54, 1.807) is 0 Å². The smallest absolute Gasteiger partial charge is 0.131 e. The Balaban J connectivity index is 2.15. The third kappa shape index (κ3) is 3.49. The summed E-state index contributed by atoms with van der Waals surface area (Å²) in [7, 11) is 0. The Kier molecular flexibility index (Phi) is 5.09. The van der Waals surface area contributed by atoms with Gasteiger partial charge in [-0.15, -0.1) is 0 Å². The number of halogens is 1. The molecule has 0 radical (unpaired) electrons. The summed E-state index contributed by atoms with van der Waals surface area (Å²) < 4.78 is 8.98. The topological polar surface area (TPSA) is 27.1 Å². The second kappa shape index (κ2) is 6.65. The highest BCUT2D eigenvalue weighted by Crippen LogP contribution is 2.26. The third-order valence-corrected chi connectivity index (χ3v) is 4.72. The van der Waals surface area contributed by atoms with Crippen molar-refractivity contribution >= 4 is 15.9 Å². The number of hydrogen-bond donors (Lipinski definition) is 0. The second-order valence-corrected chi connectivity index (χ2v) is 6.42. The van der Waals surface area contributed by atoms with Crippen LogP contribution in [-0.4, -0.2) is 9.78 Å². The molecule has 0 spiro atoms. The third-order valence-electron chi connectivity index (χ3n) is 3.69. The second-order valence-electron chi connectivity index (χ2n) is 5.62. The van der Waals surface area contributed by atoms with Crippen LogP contribution < -0.4 is 4.74 Å². The lowest BCUT2D eigenvalue weighted by atomic mass is 9.98. The van der Waals surface area contributed by atoms with E-state index in [9.17, 15) is 0 Å². The van der Waals surface area contributed by atoms with E-state index in [0.29, 0.717) is 12.5 Å². The van der Waals surface area contributed by atoms with Gasteiger partial charge in [-0.3, -0.25) is 4.68 Å². The summed E-state index contributed by atoms with van der Waals surface area (Å²) in [5, 5.41) is 4.49. The molecule has 0 saturated heterocycles. The molecule has 2 rings (SSSR count). The molecule has 0 bridgehead atoms. The fourth-order valence-electron chi connectivity index (χ4n) is 2.54. The van der Waals surface area contributed by atoms with Gasteiger partial charge in [-0.05, 0) is 65.9 Å². The Morgan fingerprint density at radius 3 is 2.57 bits per heavy atom. The molecule has 0 atom stereocenters. The summed E-state index contributed by atoms with van der Waals surface area (Å²) in [6.45, 7) is 12.0. The minimum Gasteiger partial charge on any atom is -0.487 e. The molecule has 0 aliphatic heterocycles. The summed E-state index contributed by atoms with van der Waals surface area (Å²) in [4.78, 5) is 0. The maximum absolute atomic E-state index is 5.95. The zero-order valence-corrected chi connectivity index (χ0v) is 15.0. The molecule has 0 fully saturated rings. The molecule has 21 heavy (non-hydrogen) atoms. The van der Waals surface area contributed by atoms with Crippen LogP contribution in [0.25, 0.3) is 0 Å². The van der Waals surface area contributed by atoms with E-state index in [0.717, 1.165) is 28.2 Å². The van der Waals surface area contributed by atoms with Crippen LogP contribution in [0.1, 0.15) is 49.2 Å².